The van der Waals surface area contributed by atoms with Crippen LogP contribution in [0.4, 0.5) is 4.39 Å². The lowest BCUT2D eigenvalue weighted by Crippen LogP contribution is -2.42. The Morgan fingerprint density at radius 3 is 2.42 bits per heavy atom. The van der Waals surface area contributed by atoms with Gasteiger partial charge in [0.1, 0.15) is 5.82 Å². The predicted octanol–water partition coefficient (Wildman–Crippen LogP) is 4.18. The Bertz CT molecular complexity index is 1390. The molecule has 8 heteroatoms. The van der Waals surface area contributed by atoms with Crippen molar-refractivity contribution in [2.75, 3.05) is 13.1 Å². The van der Waals surface area contributed by atoms with Crippen molar-refractivity contribution in [3.05, 3.63) is 106 Å². The standard InChI is InChI=1S/C28H32FN5O2/c1-19(2)26(32(15-7-14-30)27(35)22-10-12-23(29)13-11-22)25-17-24-16-20(3)31-34(24)28(36)33(25)18-21-8-5-4-6-9-21/h4-6,8-13,16-17,19,26H,7,14-15,18,30H2,1-3H3/t26-/m1/s1. The van der Waals surface area contributed by atoms with Crippen molar-refractivity contribution in [3.63, 3.8) is 0 Å². The molecule has 0 saturated heterocycles. The van der Waals surface area contributed by atoms with Gasteiger partial charge in [-0.1, -0.05) is 44.2 Å². The highest BCUT2D eigenvalue weighted by molar-refractivity contribution is 5.94. The Balaban J connectivity index is 1.90. The highest BCUT2D eigenvalue weighted by Gasteiger charge is 2.31. The quantitative estimate of drug-likeness (QED) is 0.382. The summed E-state index contributed by atoms with van der Waals surface area (Å²) in [5.41, 5.74) is 9.05. The van der Waals surface area contributed by atoms with Crippen molar-refractivity contribution in [2.45, 2.75) is 39.8 Å². The zero-order chi connectivity index (χ0) is 25.8. The molecule has 2 heterocycles. The molecule has 0 unspecified atom stereocenters. The Morgan fingerprint density at radius 2 is 1.78 bits per heavy atom. The highest BCUT2D eigenvalue weighted by atomic mass is 19.1. The number of nitrogens with zero attached hydrogens (tertiary/aromatic N) is 4. The lowest BCUT2D eigenvalue weighted by molar-refractivity contribution is 0.0609. The lowest BCUT2D eigenvalue weighted by atomic mass is 9.96. The van der Waals surface area contributed by atoms with Gasteiger partial charge in [-0.05, 0) is 67.8 Å². The molecular weight excluding hydrogens is 457 g/mol. The molecule has 0 saturated carbocycles. The first-order valence-corrected chi connectivity index (χ1v) is 12.2. The minimum Gasteiger partial charge on any atom is -0.330 e. The number of amides is 1. The summed E-state index contributed by atoms with van der Waals surface area (Å²) in [5.74, 6) is -0.663. The van der Waals surface area contributed by atoms with Crippen LogP contribution in [0.3, 0.4) is 0 Å². The van der Waals surface area contributed by atoms with Gasteiger partial charge in [0.2, 0.25) is 0 Å². The van der Waals surface area contributed by atoms with Crippen LogP contribution in [-0.4, -0.2) is 38.1 Å². The van der Waals surface area contributed by atoms with Gasteiger partial charge >= 0.3 is 5.69 Å². The number of rotatable bonds is 9. The number of aromatic nitrogens is 3. The molecule has 0 aliphatic carbocycles. The number of nitrogens with two attached hydrogens (primary N) is 1. The van der Waals surface area contributed by atoms with E-state index in [1.165, 1.54) is 28.8 Å². The number of hydrogen-bond acceptors (Lipinski definition) is 4. The summed E-state index contributed by atoms with van der Waals surface area (Å²) in [6.45, 7) is 7.05. The van der Waals surface area contributed by atoms with Crippen LogP contribution in [0.15, 0.2) is 71.5 Å². The first kappa shape index (κ1) is 25.3. The van der Waals surface area contributed by atoms with Crippen LogP contribution < -0.4 is 11.4 Å². The average molecular weight is 490 g/mol. The van der Waals surface area contributed by atoms with E-state index in [9.17, 15) is 14.0 Å². The number of hydrogen-bond donors (Lipinski definition) is 1. The molecule has 0 spiro atoms. The molecule has 0 fully saturated rings. The van der Waals surface area contributed by atoms with Gasteiger partial charge in [0.25, 0.3) is 5.91 Å². The first-order chi connectivity index (χ1) is 17.3. The second-order valence-corrected chi connectivity index (χ2v) is 9.38. The molecule has 7 nitrogen and oxygen atoms in total. The summed E-state index contributed by atoms with van der Waals surface area (Å²) >= 11 is 0. The number of halogens is 1. The summed E-state index contributed by atoms with van der Waals surface area (Å²) in [6.07, 6.45) is 0.590. The van der Waals surface area contributed by atoms with Crippen molar-refractivity contribution >= 4 is 11.4 Å². The molecule has 0 bridgehead atoms. The van der Waals surface area contributed by atoms with Crippen LogP contribution in [-0.2, 0) is 6.54 Å². The number of aryl methyl sites for hydroxylation is 1. The van der Waals surface area contributed by atoms with Crippen LogP contribution in [0.1, 0.15) is 53.6 Å². The van der Waals surface area contributed by atoms with Crippen molar-refractivity contribution in [1.29, 1.82) is 0 Å². The lowest BCUT2D eigenvalue weighted by Gasteiger charge is -2.36. The van der Waals surface area contributed by atoms with Gasteiger partial charge in [-0.15, -0.1) is 0 Å². The van der Waals surface area contributed by atoms with Crippen LogP contribution in [0, 0.1) is 18.7 Å². The van der Waals surface area contributed by atoms with Gasteiger partial charge in [0, 0.05) is 17.8 Å². The van der Waals surface area contributed by atoms with Crippen molar-refractivity contribution < 1.29 is 9.18 Å². The fourth-order valence-electron chi connectivity index (χ4n) is 4.65. The fourth-order valence-corrected chi connectivity index (χ4v) is 4.65. The predicted molar refractivity (Wildman–Crippen MR) is 138 cm³/mol. The molecule has 4 aromatic rings. The maximum Gasteiger partial charge on any atom is 0.349 e. The molecule has 0 aliphatic heterocycles. The topological polar surface area (TPSA) is 85.6 Å². The number of carbonyl (C=O) groups is 1. The summed E-state index contributed by atoms with van der Waals surface area (Å²) < 4.78 is 16.7. The highest BCUT2D eigenvalue weighted by Crippen LogP contribution is 2.31. The zero-order valence-corrected chi connectivity index (χ0v) is 20.9. The molecule has 2 N–H and O–H groups in total. The van der Waals surface area contributed by atoms with Gasteiger partial charge < -0.3 is 10.6 Å². The molecule has 0 aliphatic rings. The number of carbonyl (C=O) groups excluding carboxylic acids is 1. The molecule has 36 heavy (non-hydrogen) atoms. The average Bonchev–Trinajstić information content (AvgIpc) is 3.24. The SMILES string of the molecule is Cc1cc2cc([C@@H](C(C)C)N(CCCN)C(=O)c3ccc(F)cc3)n(Cc3ccccc3)c(=O)n2n1. The van der Waals surface area contributed by atoms with Crippen molar-refractivity contribution in [2.24, 2.45) is 11.7 Å². The fraction of sp³-hybridized carbons (Fsp3) is 0.321. The van der Waals surface area contributed by atoms with Gasteiger partial charge in [0.15, 0.2) is 0 Å². The second-order valence-electron chi connectivity index (χ2n) is 9.38. The van der Waals surface area contributed by atoms with E-state index in [0.29, 0.717) is 37.1 Å². The molecule has 4 rings (SSSR count). The van der Waals surface area contributed by atoms with E-state index in [1.54, 1.807) is 9.47 Å². The number of benzene rings is 2. The first-order valence-electron chi connectivity index (χ1n) is 12.2. The summed E-state index contributed by atoms with van der Waals surface area (Å²) in [6, 6.07) is 18.7. The number of fused-ring (bicyclic) bond motifs is 1. The molecule has 2 aromatic heterocycles. The maximum atomic E-state index is 13.8. The van der Waals surface area contributed by atoms with E-state index >= 15 is 0 Å². The van der Waals surface area contributed by atoms with Crippen LogP contribution >= 0.6 is 0 Å². The van der Waals surface area contributed by atoms with Crippen LogP contribution in [0.5, 0.6) is 0 Å². The van der Waals surface area contributed by atoms with Crippen LogP contribution in [0.2, 0.25) is 0 Å². The summed E-state index contributed by atoms with van der Waals surface area (Å²) in [5, 5.41) is 4.40. The van der Waals surface area contributed by atoms with E-state index in [4.69, 9.17) is 5.73 Å². The van der Waals surface area contributed by atoms with Crippen LogP contribution in [0.25, 0.3) is 5.52 Å². The van der Waals surface area contributed by atoms with Gasteiger partial charge in [-0.3, -0.25) is 9.36 Å². The molecule has 2 aromatic carbocycles. The molecular formula is C28H32FN5O2. The second kappa shape index (κ2) is 10.9. The Labute approximate surface area is 210 Å². The van der Waals surface area contributed by atoms with E-state index in [0.717, 1.165) is 17.0 Å². The van der Waals surface area contributed by atoms with E-state index in [2.05, 4.69) is 5.10 Å². The Kier molecular flexibility index (Phi) is 7.64. The largest absolute Gasteiger partial charge is 0.349 e. The minimum atomic E-state index is -0.425. The Hall–Kier alpha value is -3.78. The summed E-state index contributed by atoms with van der Waals surface area (Å²) in [4.78, 5) is 29.2. The minimum absolute atomic E-state index is 0.0277. The molecule has 1 amide bonds. The third-order valence-corrected chi connectivity index (χ3v) is 6.29. The third-order valence-electron chi connectivity index (χ3n) is 6.29. The normalized spacial score (nSPS) is 12.3. The monoisotopic (exact) mass is 489 g/mol. The van der Waals surface area contributed by atoms with E-state index < -0.39 is 11.9 Å². The molecule has 1 atom stereocenters. The zero-order valence-electron chi connectivity index (χ0n) is 20.9. The Morgan fingerprint density at radius 1 is 1.08 bits per heavy atom. The molecule has 188 valence electrons. The molecule has 0 radical (unpaired) electrons. The van der Waals surface area contributed by atoms with Crippen molar-refractivity contribution in [1.82, 2.24) is 19.1 Å². The smallest absolute Gasteiger partial charge is 0.330 e. The van der Waals surface area contributed by atoms with Gasteiger partial charge in [-0.2, -0.15) is 9.61 Å². The maximum absolute atomic E-state index is 13.8. The third kappa shape index (κ3) is 5.23. The van der Waals surface area contributed by atoms with Gasteiger partial charge in [0.05, 0.1) is 23.8 Å². The van der Waals surface area contributed by atoms with Gasteiger partial charge in [-0.25, -0.2) is 9.18 Å². The van der Waals surface area contributed by atoms with E-state index in [-0.39, 0.29) is 17.5 Å². The summed E-state index contributed by atoms with van der Waals surface area (Å²) in [7, 11) is 0. The van der Waals surface area contributed by atoms with Crippen molar-refractivity contribution in [3.8, 4) is 0 Å². The van der Waals surface area contributed by atoms with E-state index in [1.807, 2.05) is 63.2 Å².